The lowest BCUT2D eigenvalue weighted by atomic mass is 9.78. The first-order valence-corrected chi connectivity index (χ1v) is 16.3. The highest BCUT2D eigenvalue weighted by Gasteiger charge is 2.52. The van der Waals surface area contributed by atoms with E-state index in [1.165, 1.54) is 0 Å². The fraction of sp³-hybridized carbons (Fsp3) is 0.696. The molecule has 1 saturated heterocycles. The number of carbonyl (C=O) groups excluding carboxylic acids is 1. The lowest BCUT2D eigenvalue weighted by Gasteiger charge is -2.32. The van der Waals surface area contributed by atoms with Crippen molar-refractivity contribution in [3.8, 4) is 5.75 Å². The molecule has 0 saturated carbocycles. The first-order valence-electron chi connectivity index (χ1n) is 12.2. The number of hydrogen-bond donors (Lipinski definition) is 3. The number of halogens is 1. The fourth-order valence-electron chi connectivity index (χ4n) is 3.54. The van der Waals surface area contributed by atoms with Crippen LogP contribution in [0, 0.1) is 0 Å². The third-order valence-electron chi connectivity index (χ3n) is 6.12. The van der Waals surface area contributed by atoms with Gasteiger partial charge in [0.25, 0.3) is 0 Å². The van der Waals surface area contributed by atoms with Crippen molar-refractivity contribution in [1.82, 2.24) is 10.9 Å². The summed E-state index contributed by atoms with van der Waals surface area (Å²) < 4.78 is 31.6. The average molecular weight is 636 g/mol. The van der Waals surface area contributed by atoms with Crippen LogP contribution in [0.3, 0.4) is 0 Å². The van der Waals surface area contributed by atoms with Gasteiger partial charge in [-0.15, -0.1) is 5.53 Å². The molecule has 0 bridgehead atoms. The second-order valence-electron chi connectivity index (χ2n) is 10.8. The highest BCUT2D eigenvalue weighted by Crippen LogP contribution is 2.44. The number of alkyl carbamates (subject to hydrolysis) is 1. The van der Waals surface area contributed by atoms with Crippen LogP contribution in [0.2, 0.25) is 0 Å². The normalized spacial score (nSPS) is 18.4. The number of carbonyl (C=O) groups is 1. The first-order chi connectivity index (χ1) is 16.8. The summed E-state index contributed by atoms with van der Waals surface area (Å²) in [5, 5.41) is 2.75. The molecular formula is C23H39BIN4O6P. The van der Waals surface area contributed by atoms with Gasteiger partial charge in [-0.1, -0.05) is 0 Å². The summed E-state index contributed by atoms with van der Waals surface area (Å²) in [4.78, 5) is 11.6. The molecule has 0 aliphatic carbocycles. The highest BCUT2D eigenvalue weighted by molar-refractivity contribution is 14.2. The van der Waals surface area contributed by atoms with E-state index in [0.29, 0.717) is 38.5 Å². The molecule has 202 valence electrons. The van der Waals surface area contributed by atoms with Crippen molar-refractivity contribution in [1.29, 1.82) is 0 Å². The molecule has 0 radical (unpaired) electrons. The Bertz CT molecular complexity index is 901. The van der Waals surface area contributed by atoms with Crippen molar-refractivity contribution >= 4 is 58.5 Å². The van der Waals surface area contributed by atoms with Gasteiger partial charge in [-0.25, -0.2) is 4.79 Å². The van der Waals surface area contributed by atoms with Crippen molar-refractivity contribution < 1.29 is 28.3 Å². The number of rotatable bonds is 11. The van der Waals surface area contributed by atoms with Crippen LogP contribution in [0.1, 0.15) is 61.3 Å². The lowest BCUT2D eigenvalue weighted by Crippen LogP contribution is -2.41. The first kappa shape index (κ1) is 29.5. The van der Waals surface area contributed by atoms with Crippen LogP contribution in [0.25, 0.3) is 0 Å². The largest absolute Gasteiger partial charge is 0.495 e. The lowest BCUT2D eigenvalue weighted by molar-refractivity contribution is 0.00578. The molecule has 10 nitrogen and oxygen atoms in total. The van der Waals surface area contributed by atoms with Crippen LogP contribution in [-0.4, -0.2) is 56.4 Å². The van der Waals surface area contributed by atoms with E-state index in [-0.39, 0.29) is 0 Å². The summed E-state index contributed by atoms with van der Waals surface area (Å²) in [5.41, 5.74) is 7.82. The number of benzene rings is 1. The van der Waals surface area contributed by atoms with E-state index in [9.17, 15) is 4.79 Å². The molecule has 36 heavy (non-hydrogen) atoms. The minimum Gasteiger partial charge on any atom is -0.489 e. The number of fused-ring (bicyclic) bond motifs is 1. The molecule has 2 aliphatic rings. The second-order valence-corrected chi connectivity index (χ2v) is 12.8. The summed E-state index contributed by atoms with van der Waals surface area (Å²) in [6, 6.07) is 4.04. The quantitative estimate of drug-likeness (QED) is 0.142. The van der Waals surface area contributed by atoms with Gasteiger partial charge < -0.3 is 28.8 Å². The molecule has 3 N–H and O–H groups in total. The Kier molecular flexibility index (Phi) is 10.0. The van der Waals surface area contributed by atoms with Crippen molar-refractivity contribution in [3.05, 3.63) is 12.1 Å². The molecule has 1 atom stereocenters. The van der Waals surface area contributed by atoms with Crippen LogP contribution in [0.4, 0.5) is 16.2 Å². The molecule has 3 rings (SSSR count). The van der Waals surface area contributed by atoms with Gasteiger partial charge in [0.2, 0.25) is 0 Å². The maximum absolute atomic E-state index is 11.6. The maximum Gasteiger partial charge on any atom is 0.495 e. The molecular weight excluding hydrogens is 597 g/mol. The minimum absolute atomic E-state index is 0.392. The molecule has 1 amide bonds. The number of nitrogens with one attached hydrogen (secondary N) is 3. The smallest absolute Gasteiger partial charge is 0.489 e. The average Bonchev–Trinajstić information content (AvgIpc) is 3.28. The summed E-state index contributed by atoms with van der Waals surface area (Å²) in [6.07, 6.45) is 1.74. The van der Waals surface area contributed by atoms with E-state index in [1.54, 1.807) is 0 Å². The molecule has 0 spiro atoms. The molecule has 0 aromatic heterocycles. The molecule has 2 aliphatic heterocycles. The van der Waals surface area contributed by atoms with Gasteiger partial charge in [-0.3, -0.25) is 10.2 Å². The Labute approximate surface area is 229 Å². The highest BCUT2D eigenvalue weighted by atomic mass is 127. The molecule has 1 fully saturated rings. The molecule has 1 unspecified atom stereocenters. The Morgan fingerprint density at radius 2 is 1.83 bits per heavy atom. The van der Waals surface area contributed by atoms with Crippen LogP contribution >= 0.6 is 28.4 Å². The third kappa shape index (κ3) is 7.74. The minimum atomic E-state index is -0.489. The summed E-state index contributed by atoms with van der Waals surface area (Å²) in [5.74, 6) is 0.715. The zero-order chi connectivity index (χ0) is 26.6. The monoisotopic (exact) mass is 636 g/mol. The van der Waals surface area contributed by atoms with Gasteiger partial charge in [0.15, 0.2) is 0 Å². The van der Waals surface area contributed by atoms with Gasteiger partial charge in [-0.2, -0.15) is 0 Å². The molecule has 1 aromatic rings. The maximum atomic E-state index is 11.6. The SMILES string of the molecule is CC(C)(C)OC(=O)NCCCCOCCOc1cc(B2OC(C)(C)C(C)(C)O2)cc2c1NNN2PI. The Morgan fingerprint density at radius 3 is 2.47 bits per heavy atom. The van der Waals surface area contributed by atoms with Crippen molar-refractivity contribution in [2.45, 2.75) is 78.1 Å². The standard InChI is InChI=1S/C23H39BIN4O6P/c1-21(2,3)33-20(30)26-10-8-9-11-31-12-13-32-18-15-16(14-17-19(18)27-28-29(17)36-25)24-34-22(4,5)23(6,7)35-24/h14-15,27-28,36H,8-13H2,1-7H3,(H,26,30). The van der Waals surface area contributed by atoms with Gasteiger partial charge in [-0.05, 0) is 101 Å². The number of ether oxygens (including phenoxy) is 3. The zero-order valence-electron chi connectivity index (χ0n) is 22.2. The van der Waals surface area contributed by atoms with Crippen molar-refractivity contribution in [3.63, 3.8) is 0 Å². The molecule has 2 heterocycles. The van der Waals surface area contributed by atoms with Crippen LogP contribution < -0.4 is 31.3 Å². The van der Waals surface area contributed by atoms with Crippen LogP contribution in [0.5, 0.6) is 5.75 Å². The number of hydrogen-bond acceptors (Lipinski definition) is 9. The summed E-state index contributed by atoms with van der Waals surface area (Å²) in [7, 11) is -0.479. The number of anilines is 2. The van der Waals surface area contributed by atoms with Crippen molar-refractivity contribution in [2.75, 3.05) is 36.6 Å². The Balaban J connectivity index is 1.47. The van der Waals surface area contributed by atoms with Gasteiger partial charge in [0.05, 0.1) is 29.9 Å². The van der Waals surface area contributed by atoms with Gasteiger partial charge in [0, 0.05) is 13.2 Å². The van der Waals surface area contributed by atoms with Crippen LogP contribution in [-0.2, 0) is 18.8 Å². The molecule has 1 aromatic carbocycles. The second kappa shape index (κ2) is 12.2. The third-order valence-corrected chi connectivity index (χ3v) is 8.09. The van der Waals surface area contributed by atoms with E-state index < -0.39 is 30.0 Å². The number of unbranched alkanes of at least 4 members (excludes halogenated alkanes) is 1. The zero-order valence-corrected chi connectivity index (χ0v) is 25.4. The van der Waals surface area contributed by atoms with E-state index in [1.807, 2.05) is 59.3 Å². The number of hydrazine groups is 2. The number of nitrogens with zero attached hydrogens (tertiary/aromatic N) is 1. The van der Waals surface area contributed by atoms with E-state index >= 15 is 0 Å². The predicted octanol–water partition coefficient (Wildman–Crippen LogP) is 4.28. The Morgan fingerprint density at radius 1 is 1.14 bits per heavy atom. The topological polar surface area (TPSA) is 103 Å². The van der Waals surface area contributed by atoms with Gasteiger partial charge >= 0.3 is 13.2 Å². The fourth-order valence-corrected chi connectivity index (χ4v) is 5.04. The van der Waals surface area contributed by atoms with Gasteiger partial charge in [0.1, 0.15) is 23.6 Å². The predicted molar refractivity (Wildman–Crippen MR) is 154 cm³/mol. The Hall–Kier alpha value is -1.05. The van der Waals surface area contributed by atoms with Crippen LogP contribution in [0.15, 0.2) is 12.1 Å². The van der Waals surface area contributed by atoms with E-state index in [0.717, 1.165) is 29.7 Å². The number of amides is 1. The summed E-state index contributed by atoms with van der Waals surface area (Å²) >= 11 is 2.33. The summed E-state index contributed by atoms with van der Waals surface area (Å²) in [6.45, 7) is 15.7. The molecule has 13 heteroatoms. The van der Waals surface area contributed by atoms with Crippen molar-refractivity contribution in [2.24, 2.45) is 0 Å². The van der Waals surface area contributed by atoms with E-state index in [4.69, 9.17) is 23.5 Å². The van der Waals surface area contributed by atoms with E-state index in [2.05, 4.69) is 44.4 Å².